The van der Waals surface area contributed by atoms with E-state index in [1.807, 2.05) is 146 Å². The van der Waals surface area contributed by atoms with Gasteiger partial charge in [0.15, 0.2) is 33.5 Å². The normalized spacial score (nSPS) is 11.8. The summed E-state index contributed by atoms with van der Waals surface area (Å²) in [6.07, 6.45) is 0. The van der Waals surface area contributed by atoms with Crippen LogP contribution in [-0.2, 0) is 6.61 Å². The fourth-order valence-electron chi connectivity index (χ4n) is 14.7. The van der Waals surface area contributed by atoms with Crippen LogP contribution in [0, 0.1) is 13.8 Å². The van der Waals surface area contributed by atoms with Crippen molar-refractivity contribution in [3.8, 4) is 74.5 Å². The summed E-state index contributed by atoms with van der Waals surface area (Å²) < 4.78 is 42.8. The van der Waals surface area contributed by atoms with Crippen LogP contribution < -0.4 is 4.74 Å². The monoisotopic (exact) mass is 1370 g/mol. The highest BCUT2D eigenvalue weighted by Crippen LogP contribution is 2.44. The van der Waals surface area contributed by atoms with Crippen LogP contribution in [0.2, 0.25) is 0 Å². The van der Waals surface area contributed by atoms with E-state index in [0.29, 0.717) is 46.5 Å². The molecule has 0 amide bonds. The number of benzene rings is 16. The number of fused-ring (bicyclic) bond motifs is 15. The van der Waals surface area contributed by atoms with Gasteiger partial charge in [0.25, 0.3) is 0 Å². The van der Waals surface area contributed by atoms with Crippen LogP contribution in [0.3, 0.4) is 0 Å². The lowest BCUT2D eigenvalue weighted by Crippen LogP contribution is -1.90. The minimum atomic E-state index is -0.0432. The van der Waals surface area contributed by atoms with Gasteiger partial charge in [0.1, 0.15) is 38.8 Å². The molecule has 0 fully saturated rings. The number of methoxy groups -OCH3 is 1. The van der Waals surface area contributed by atoms with Gasteiger partial charge in [-0.25, -0.2) is 29.9 Å². The first-order valence-corrected chi connectivity index (χ1v) is 34.9. The summed E-state index contributed by atoms with van der Waals surface area (Å²) in [7, 11) is 1.63. The number of aliphatic hydroxyl groups is 1. The van der Waals surface area contributed by atoms with Crippen LogP contribution in [0.1, 0.15) is 16.7 Å². The summed E-state index contributed by atoms with van der Waals surface area (Å²) in [6, 6.07) is 93.6. The highest BCUT2D eigenvalue weighted by molar-refractivity contribution is 6.10. The zero-order valence-electron chi connectivity index (χ0n) is 57.3. The summed E-state index contributed by atoms with van der Waals surface area (Å²) in [5.74, 6) is 4.22. The highest BCUT2D eigenvalue weighted by atomic mass is 16.5. The Morgan fingerprint density at radius 1 is 0.264 bits per heavy atom. The first-order chi connectivity index (χ1) is 52.2. The second-order valence-corrected chi connectivity index (χ2v) is 26.6. The van der Waals surface area contributed by atoms with Crippen molar-refractivity contribution in [2.45, 2.75) is 20.5 Å². The van der Waals surface area contributed by atoms with Crippen LogP contribution in [0.25, 0.3) is 211 Å². The van der Waals surface area contributed by atoms with E-state index in [2.05, 4.69) is 147 Å². The van der Waals surface area contributed by atoms with Gasteiger partial charge in [-0.05, 0) is 192 Å². The fourth-order valence-corrected chi connectivity index (χ4v) is 14.7. The van der Waals surface area contributed by atoms with Crippen LogP contribution in [0.4, 0.5) is 0 Å². The van der Waals surface area contributed by atoms with Gasteiger partial charge < -0.3 is 36.3 Å². The molecule has 504 valence electrons. The maximum absolute atomic E-state index is 9.46. The molecule has 0 aliphatic rings. The predicted octanol–water partition coefficient (Wildman–Crippen LogP) is 24.1. The Hall–Kier alpha value is -14.1. The lowest BCUT2D eigenvalue weighted by Gasteiger charge is -2.10. The first-order valence-electron chi connectivity index (χ1n) is 34.9. The van der Waals surface area contributed by atoms with Gasteiger partial charge in [-0.2, -0.15) is 0 Å². The predicted molar refractivity (Wildman–Crippen MR) is 422 cm³/mol. The van der Waals surface area contributed by atoms with Crippen LogP contribution in [0.15, 0.2) is 306 Å². The van der Waals surface area contributed by atoms with Gasteiger partial charge in [-0.3, -0.25) is 0 Å². The summed E-state index contributed by atoms with van der Waals surface area (Å²) in [6.45, 7) is 4.15. The number of ether oxygens (including phenoxy) is 1. The highest BCUT2D eigenvalue weighted by Gasteiger charge is 2.23. The molecular formula is C92H58N6O8. The number of nitrogens with zero attached hydrogens (tertiary/aromatic N) is 6. The molecule has 0 spiro atoms. The molecule has 1 N–H and O–H groups in total. The van der Waals surface area contributed by atoms with Crippen molar-refractivity contribution in [3.63, 3.8) is 0 Å². The molecule has 0 aliphatic heterocycles. The maximum Gasteiger partial charge on any atom is 0.227 e. The quantitative estimate of drug-likeness (QED) is 0.151. The summed E-state index contributed by atoms with van der Waals surface area (Å²) in [5.41, 5.74) is 18.1. The Labute approximate surface area is 602 Å². The molecule has 0 aliphatic carbocycles. The van der Waals surface area contributed by atoms with Crippen LogP contribution >= 0.6 is 0 Å². The Kier molecular flexibility index (Phi) is 14.5. The van der Waals surface area contributed by atoms with E-state index < -0.39 is 0 Å². The molecule has 106 heavy (non-hydrogen) atoms. The van der Waals surface area contributed by atoms with Crippen molar-refractivity contribution in [2.24, 2.45) is 0 Å². The average Bonchev–Trinajstić information content (AvgIpc) is 1.55. The van der Waals surface area contributed by atoms with Crippen LogP contribution in [-0.4, -0.2) is 42.1 Å². The number of hydrogen-bond acceptors (Lipinski definition) is 14. The smallest absolute Gasteiger partial charge is 0.227 e. The third-order valence-electron chi connectivity index (χ3n) is 20.2. The Balaban J connectivity index is 0.000000105. The third kappa shape index (κ3) is 10.6. The van der Waals surface area contributed by atoms with Gasteiger partial charge in [0.2, 0.25) is 35.3 Å². The van der Waals surface area contributed by atoms with Crippen molar-refractivity contribution < 1.29 is 36.3 Å². The van der Waals surface area contributed by atoms with Gasteiger partial charge in [0.05, 0.1) is 13.7 Å². The van der Waals surface area contributed by atoms with Crippen LogP contribution in [0.5, 0.6) is 5.75 Å². The second kappa shape index (κ2) is 24.9. The van der Waals surface area contributed by atoms with Gasteiger partial charge >= 0.3 is 0 Å². The number of oxazole rings is 6. The second-order valence-electron chi connectivity index (χ2n) is 26.6. The zero-order chi connectivity index (χ0) is 70.7. The van der Waals surface area contributed by atoms with E-state index in [4.69, 9.17) is 61.1 Å². The molecule has 14 heteroatoms. The molecule has 16 aromatic carbocycles. The van der Waals surface area contributed by atoms with E-state index in [0.717, 1.165) is 176 Å². The summed E-state index contributed by atoms with van der Waals surface area (Å²) in [5, 5.41) is 24.6. The number of aryl methyl sites for hydroxylation is 2. The maximum atomic E-state index is 9.46. The zero-order valence-corrected chi connectivity index (χ0v) is 57.3. The fraction of sp³-hybridized carbons (Fsp3) is 0.0435. The average molecular weight is 1380 g/mol. The molecule has 22 aromatic rings. The van der Waals surface area contributed by atoms with Crippen molar-refractivity contribution in [3.05, 3.63) is 296 Å². The van der Waals surface area contributed by atoms with E-state index in [9.17, 15) is 5.11 Å². The lowest BCUT2D eigenvalue weighted by atomic mass is 9.95. The molecule has 0 saturated heterocycles. The van der Waals surface area contributed by atoms with Gasteiger partial charge in [-0.15, -0.1) is 0 Å². The van der Waals surface area contributed by atoms with E-state index in [-0.39, 0.29) is 6.61 Å². The van der Waals surface area contributed by atoms with Crippen molar-refractivity contribution >= 4 is 142 Å². The molecule has 6 heterocycles. The molecule has 0 unspecified atom stereocenters. The largest absolute Gasteiger partial charge is 0.497 e. The summed E-state index contributed by atoms with van der Waals surface area (Å²) in [4.78, 5) is 28.8. The van der Waals surface area contributed by atoms with Crippen molar-refractivity contribution in [1.82, 2.24) is 29.9 Å². The molecule has 0 bridgehead atoms. The minimum Gasteiger partial charge on any atom is -0.497 e. The Morgan fingerprint density at radius 2 is 0.575 bits per heavy atom. The van der Waals surface area contributed by atoms with E-state index in [1.165, 1.54) is 11.1 Å². The number of hydrogen-bond donors (Lipinski definition) is 1. The number of aliphatic hydroxyl groups excluding tert-OH is 1. The van der Waals surface area contributed by atoms with E-state index >= 15 is 0 Å². The third-order valence-corrected chi connectivity index (χ3v) is 20.2. The molecule has 6 aromatic heterocycles. The van der Waals surface area contributed by atoms with E-state index in [1.54, 1.807) is 7.11 Å². The molecular weight excluding hydrogens is 1320 g/mol. The van der Waals surface area contributed by atoms with Gasteiger partial charge in [-0.1, -0.05) is 176 Å². The molecule has 0 atom stereocenters. The lowest BCUT2D eigenvalue weighted by molar-refractivity contribution is 0.282. The summed E-state index contributed by atoms with van der Waals surface area (Å²) >= 11 is 0. The number of aromatic nitrogens is 6. The topological polar surface area (TPSA) is 186 Å². The SMILES string of the molecule is COc1ccc2nc(-c3ccc(-c4nc5ccc(CO)cc5o4)c4cc(C)c(C)cc34)oc2c1.c1ccc2c(c1)ccc1nc(-c3ccc(-c4nc5ccc6ccccc6c5o4)c4ccccc34)oc12.c1ccc2cc3oc(-c4ccc(-c5nc6cc7ccccc7cc6o5)c5ccccc45)nc3cc2c1. The van der Waals surface area contributed by atoms with Gasteiger partial charge in [0, 0.05) is 50.2 Å². The first kappa shape index (κ1) is 61.8. The van der Waals surface area contributed by atoms with Crippen molar-refractivity contribution in [1.29, 1.82) is 0 Å². The van der Waals surface area contributed by atoms with Crippen molar-refractivity contribution in [2.75, 3.05) is 7.11 Å². The minimum absolute atomic E-state index is 0.0432. The molecule has 0 radical (unpaired) electrons. The molecule has 22 rings (SSSR count). The molecule has 14 nitrogen and oxygen atoms in total. The number of rotatable bonds is 8. The Bertz CT molecular complexity index is 6780. The standard InChI is InChI=1S/2C32H18N2O2.C28H22N2O4/c1-3-9-21-19(7-1)13-17-27-29(21)35-31(33-27)25-15-16-26(24-12-6-5-11-23(24)25)32-34-28-18-14-20-8-2-4-10-22(20)30(28)36-32;1-3-9-21-17-29-27(15-19(21)7-1)33-31(35-29)25-13-14-26(24-12-6-5-11-23(24)25)32-34-28-16-20-8-2-4-10-22(20)18-30(28)36-32;1-15-10-21-19(27-29-23-8-4-17(14-31)12-25(23)33-27)6-7-20(22(21)11-16(15)2)28-30-24-9-5-18(32-3)13-26(24)34-28/h2*1-18H;4-13,31H,14H2,1-3H3. The Morgan fingerprint density at radius 3 is 0.981 bits per heavy atom. The molecule has 0 saturated carbocycles.